The molecule has 0 bridgehead atoms. The Morgan fingerprint density at radius 1 is 1.16 bits per heavy atom. The van der Waals surface area contributed by atoms with E-state index in [4.69, 9.17) is 21.1 Å². The van der Waals surface area contributed by atoms with E-state index in [1.807, 2.05) is 68.4 Å². The van der Waals surface area contributed by atoms with Crippen LogP contribution in [0.1, 0.15) is 30.9 Å². The number of rotatable bonds is 6. The van der Waals surface area contributed by atoms with Crippen LogP contribution in [0.25, 0.3) is 11.1 Å². The molecule has 7 nitrogen and oxygen atoms in total. The van der Waals surface area contributed by atoms with Crippen LogP contribution in [0.5, 0.6) is 11.6 Å². The van der Waals surface area contributed by atoms with Crippen LogP contribution in [-0.4, -0.2) is 58.4 Å². The monoisotopic (exact) mass is 586 g/mol. The van der Waals surface area contributed by atoms with Crippen molar-refractivity contribution in [1.29, 1.82) is 0 Å². The third kappa shape index (κ3) is 3.93. The number of methoxy groups -OCH3 is 1. The molecule has 1 fully saturated rings. The normalized spacial score (nSPS) is 25.8. The lowest BCUT2D eigenvalue weighted by molar-refractivity contribution is -0.144. The molecule has 0 saturated heterocycles. The van der Waals surface area contributed by atoms with Crippen molar-refractivity contribution in [2.45, 2.75) is 37.6 Å². The zero-order chi connectivity index (χ0) is 26.5. The second-order valence-electron chi connectivity index (χ2n) is 9.28. The van der Waals surface area contributed by atoms with Crippen LogP contribution in [0.4, 0.5) is 0 Å². The van der Waals surface area contributed by atoms with Gasteiger partial charge in [-0.05, 0) is 37.1 Å². The molecule has 0 radical (unpaired) electrons. The number of amides is 1. The van der Waals surface area contributed by atoms with Gasteiger partial charge in [-0.2, -0.15) is 0 Å². The number of carbonyl (C=O) groups is 1. The second-order valence-corrected chi connectivity index (χ2v) is 10.6. The number of aromatic nitrogens is 1. The highest BCUT2D eigenvalue weighted by Gasteiger charge is 2.69. The molecule has 5 atom stereocenters. The van der Waals surface area contributed by atoms with Crippen LogP contribution in [-0.2, 0) is 10.4 Å². The summed E-state index contributed by atoms with van der Waals surface area (Å²) in [5.74, 6) is -1.48. The van der Waals surface area contributed by atoms with Crippen molar-refractivity contribution in [3.8, 4) is 22.8 Å². The molecule has 2 heterocycles. The van der Waals surface area contributed by atoms with Gasteiger partial charge in [0.05, 0.1) is 24.2 Å². The predicted octanol–water partition coefficient (Wildman–Crippen LogP) is 4.76. The number of hydrogen-bond acceptors (Lipinski definition) is 6. The summed E-state index contributed by atoms with van der Waals surface area (Å²) in [5.41, 5.74) is 0.230. The van der Waals surface area contributed by atoms with E-state index >= 15 is 0 Å². The Bertz CT molecular complexity index is 1320. The quantitative estimate of drug-likeness (QED) is 0.404. The second kappa shape index (κ2) is 9.91. The number of carbonyl (C=O) groups excluding carboxylic acids is 1. The Balaban J connectivity index is 1.74. The highest BCUT2D eigenvalue weighted by Crippen LogP contribution is 2.62. The molecule has 1 saturated carbocycles. The molecule has 2 aromatic carbocycles. The van der Waals surface area contributed by atoms with Gasteiger partial charge in [0.1, 0.15) is 23.1 Å². The standard InChI is InChI=1S/C28H28BrClN2O5/c1-4-32(5-2)27(34)20-18(15-9-7-6-8-10-15)24-28(35,23(20)33)21-22(37-24)19(25(30)31-26(21)36-3)16-11-13-17(29)14-12-16/h6-14,18,20,23-24,33,35H,4-5H2,1-3H3. The molecule has 37 heavy (non-hydrogen) atoms. The van der Waals surface area contributed by atoms with Crippen LogP contribution < -0.4 is 9.47 Å². The smallest absolute Gasteiger partial charge is 0.229 e. The zero-order valence-electron chi connectivity index (χ0n) is 20.7. The zero-order valence-corrected chi connectivity index (χ0v) is 23.0. The van der Waals surface area contributed by atoms with Crippen LogP contribution in [0.15, 0.2) is 59.1 Å². The van der Waals surface area contributed by atoms with Gasteiger partial charge in [-0.1, -0.05) is 70.0 Å². The summed E-state index contributed by atoms with van der Waals surface area (Å²) in [6.07, 6.45) is -2.46. The van der Waals surface area contributed by atoms with E-state index in [1.165, 1.54) is 7.11 Å². The molecule has 2 aliphatic rings. The average molecular weight is 588 g/mol. The molecular formula is C28H28BrClN2O5. The fourth-order valence-electron chi connectivity index (χ4n) is 5.78. The Labute approximate surface area is 229 Å². The van der Waals surface area contributed by atoms with Gasteiger partial charge in [-0.25, -0.2) is 4.98 Å². The SMILES string of the molecule is CCN(CC)C(=O)C1C(c2ccccc2)C2Oc3c(-c4ccc(Br)cc4)c(Cl)nc(OC)c3C2(O)C1O. The maximum Gasteiger partial charge on any atom is 0.229 e. The van der Waals surface area contributed by atoms with E-state index in [9.17, 15) is 15.0 Å². The fourth-order valence-corrected chi connectivity index (χ4v) is 6.31. The van der Waals surface area contributed by atoms with Crippen LogP contribution in [0.3, 0.4) is 0 Å². The van der Waals surface area contributed by atoms with Crippen LogP contribution >= 0.6 is 27.5 Å². The van der Waals surface area contributed by atoms with E-state index in [-0.39, 0.29) is 22.5 Å². The number of aliphatic hydroxyl groups is 2. The van der Waals surface area contributed by atoms with Gasteiger partial charge in [0.15, 0.2) is 5.60 Å². The minimum absolute atomic E-state index is 0.0488. The maximum atomic E-state index is 13.7. The van der Waals surface area contributed by atoms with Gasteiger partial charge in [-0.15, -0.1) is 0 Å². The van der Waals surface area contributed by atoms with Gasteiger partial charge >= 0.3 is 0 Å². The Kier molecular flexibility index (Phi) is 6.96. The first-order valence-electron chi connectivity index (χ1n) is 12.2. The molecule has 1 aliphatic carbocycles. The summed E-state index contributed by atoms with van der Waals surface area (Å²) in [4.78, 5) is 19.8. The molecule has 3 aromatic rings. The fraction of sp³-hybridized carbons (Fsp3) is 0.357. The van der Waals surface area contributed by atoms with Gasteiger partial charge in [0, 0.05) is 23.5 Å². The molecule has 0 spiro atoms. The number of aliphatic hydroxyl groups excluding tert-OH is 1. The first-order valence-corrected chi connectivity index (χ1v) is 13.4. The minimum Gasteiger partial charge on any atom is -0.485 e. The van der Waals surface area contributed by atoms with Gasteiger partial charge < -0.3 is 24.6 Å². The molecule has 2 N–H and O–H groups in total. The molecule has 1 aromatic heterocycles. The van der Waals surface area contributed by atoms with E-state index in [0.29, 0.717) is 24.4 Å². The van der Waals surface area contributed by atoms with Crippen molar-refractivity contribution < 1.29 is 24.5 Å². The largest absolute Gasteiger partial charge is 0.485 e. The molecule has 5 unspecified atom stereocenters. The molecule has 5 rings (SSSR count). The number of halogens is 2. The van der Waals surface area contributed by atoms with E-state index in [1.54, 1.807) is 4.90 Å². The van der Waals surface area contributed by atoms with Crippen LogP contribution in [0, 0.1) is 5.92 Å². The lowest BCUT2D eigenvalue weighted by atomic mass is 9.86. The van der Waals surface area contributed by atoms with Gasteiger partial charge in [-0.3, -0.25) is 4.79 Å². The lowest BCUT2D eigenvalue weighted by Gasteiger charge is -2.30. The Morgan fingerprint density at radius 2 is 1.81 bits per heavy atom. The molecule has 1 amide bonds. The number of pyridine rings is 1. The minimum atomic E-state index is -1.96. The Hall–Kier alpha value is -2.65. The maximum absolute atomic E-state index is 13.7. The topological polar surface area (TPSA) is 92.1 Å². The molecule has 194 valence electrons. The van der Waals surface area contributed by atoms with E-state index in [0.717, 1.165) is 15.6 Å². The Morgan fingerprint density at radius 3 is 2.41 bits per heavy atom. The highest BCUT2D eigenvalue weighted by atomic mass is 79.9. The first-order chi connectivity index (χ1) is 17.8. The summed E-state index contributed by atoms with van der Waals surface area (Å²) >= 11 is 10.1. The van der Waals surface area contributed by atoms with Gasteiger partial charge in [0.2, 0.25) is 11.8 Å². The number of nitrogens with zero attached hydrogens (tertiary/aromatic N) is 2. The summed E-state index contributed by atoms with van der Waals surface area (Å²) in [6.45, 7) is 4.74. The van der Waals surface area contributed by atoms with Crippen molar-refractivity contribution in [1.82, 2.24) is 9.88 Å². The van der Waals surface area contributed by atoms with Crippen LogP contribution in [0.2, 0.25) is 5.15 Å². The number of benzene rings is 2. The van der Waals surface area contributed by atoms with Crippen molar-refractivity contribution in [2.24, 2.45) is 5.92 Å². The van der Waals surface area contributed by atoms with Crippen molar-refractivity contribution in [2.75, 3.05) is 20.2 Å². The third-order valence-corrected chi connectivity index (χ3v) is 8.33. The molecular weight excluding hydrogens is 560 g/mol. The predicted molar refractivity (Wildman–Crippen MR) is 144 cm³/mol. The average Bonchev–Trinajstić information content (AvgIpc) is 3.32. The first kappa shape index (κ1) is 26.0. The third-order valence-electron chi connectivity index (χ3n) is 7.53. The number of hydrogen-bond donors (Lipinski definition) is 2. The molecule has 9 heteroatoms. The summed E-state index contributed by atoms with van der Waals surface area (Å²) in [7, 11) is 1.42. The summed E-state index contributed by atoms with van der Waals surface area (Å²) < 4.78 is 13.0. The van der Waals surface area contributed by atoms with E-state index in [2.05, 4.69) is 20.9 Å². The van der Waals surface area contributed by atoms with Crippen molar-refractivity contribution in [3.63, 3.8) is 0 Å². The number of fused-ring (bicyclic) bond motifs is 3. The summed E-state index contributed by atoms with van der Waals surface area (Å²) in [5, 5.41) is 24.3. The number of ether oxygens (including phenoxy) is 2. The lowest BCUT2D eigenvalue weighted by Crippen LogP contribution is -2.46. The van der Waals surface area contributed by atoms with Crippen molar-refractivity contribution in [3.05, 3.63) is 75.4 Å². The summed E-state index contributed by atoms with van der Waals surface area (Å²) in [6, 6.07) is 16.8. The van der Waals surface area contributed by atoms with Crippen molar-refractivity contribution >= 4 is 33.4 Å². The van der Waals surface area contributed by atoms with Gasteiger partial charge in [0.25, 0.3) is 0 Å². The highest BCUT2D eigenvalue weighted by molar-refractivity contribution is 9.10. The van der Waals surface area contributed by atoms with E-state index < -0.39 is 29.6 Å². The molecule has 1 aliphatic heterocycles.